The molecular weight excluding hydrogens is 302 g/mol. The van der Waals surface area contributed by atoms with E-state index < -0.39 is 6.04 Å². The Balaban J connectivity index is 0.00000441. The van der Waals surface area contributed by atoms with Gasteiger partial charge in [0.25, 0.3) is 0 Å². The zero-order chi connectivity index (χ0) is 16.0. The molecule has 0 aromatic heterocycles. The Hall–Kier alpha value is -1.59. The number of nitrogens with two attached hydrogens (primary N) is 1. The van der Waals surface area contributed by atoms with E-state index in [2.05, 4.69) is 10.6 Å². The number of nitrogens with one attached hydrogen (secondary N) is 2. The monoisotopic (exact) mass is 327 g/mol. The molecular formula is C16H26ClN3O2. The van der Waals surface area contributed by atoms with Gasteiger partial charge in [-0.3, -0.25) is 9.59 Å². The molecule has 2 amide bonds. The largest absolute Gasteiger partial charge is 0.354 e. The van der Waals surface area contributed by atoms with Gasteiger partial charge in [0.2, 0.25) is 11.8 Å². The summed E-state index contributed by atoms with van der Waals surface area (Å²) < 4.78 is 0. The van der Waals surface area contributed by atoms with Gasteiger partial charge in [-0.1, -0.05) is 29.8 Å². The van der Waals surface area contributed by atoms with Crippen molar-refractivity contribution in [2.45, 2.75) is 45.7 Å². The molecule has 1 atom stereocenters. The molecule has 4 N–H and O–H groups in total. The van der Waals surface area contributed by atoms with Crippen molar-refractivity contribution >= 4 is 24.2 Å². The van der Waals surface area contributed by atoms with Gasteiger partial charge in [0.05, 0.1) is 0 Å². The summed E-state index contributed by atoms with van der Waals surface area (Å²) in [5, 5.41) is 5.53. The summed E-state index contributed by atoms with van der Waals surface area (Å²) in [5.41, 5.74) is 7.51. The lowest BCUT2D eigenvalue weighted by Crippen LogP contribution is -2.42. The highest BCUT2D eigenvalue weighted by Crippen LogP contribution is 2.11. The van der Waals surface area contributed by atoms with Crippen LogP contribution in [0.5, 0.6) is 0 Å². The Bertz CT molecular complexity index is 495. The first-order valence-electron chi connectivity index (χ1n) is 7.10. The summed E-state index contributed by atoms with van der Waals surface area (Å²) in [4.78, 5) is 23.6. The van der Waals surface area contributed by atoms with Crippen LogP contribution < -0.4 is 16.4 Å². The molecule has 0 saturated carbocycles. The summed E-state index contributed by atoms with van der Waals surface area (Å²) in [6.07, 6.45) is 0.240. The summed E-state index contributed by atoms with van der Waals surface area (Å²) in [6, 6.07) is 6.80. The Labute approximate surface area is 138 Å². The third-order valence-corrected chi connectivity index (χ3v) is 2.88. The second-order valence-electron chi connectivity index (χ2n) is 6.23. The second-order valence-corrected chi connectivity index (χ2v) is 6.23. The van der Waals surface area contributed by atoms with E-state index in [-0.39, 0.29) is 42.7 Å². The van der Waals surface area contributed by atoms with Crippen molar-refractivity contribution in [3.05, 3.63) is 35.4 Å². The van der Waals surface area contributed by atoms with Gasteiger partial charge >= 0.3 is 0 Å². The molecule has 1 rings (SSSR count). The zero-order valence-corrected chi connectivity index (χ0v) is 14.4. The average Bonchev–Trinajstić information content (AvgIpc) is 2.36. The van der Waals surface area contributed by atoms with Gasteiger partial charge in [-0.25, -0.2) is 0 Å². The van der Waals surface area contributed by atoms with Crippen LogP contribution in [-0.4, -0.2) is 23.9 Å². The van der Waals surface area contributed by atoms with Crippen LogP contribution in [0.25, 0.3) is 0 Å². The van der Waals surface area contributed by atoms with Crippen molar-refractivity contribution in [2.24, 2.45) is 5.73 Å². The van der Waals surface area contributed by atoms with Crippen molar-refractivity contribution in [1.29, 1.82) is 0 Å². The number of aryl methyl sites for hydroxylation is 1. The van der Waals surface area contributed by atoms with Crippen molar-refractivity contribution in [2.75, 3.05) is 6.54 Å². The van der Waals surface area contributed by atoms with Crippen LogP contribution in [0.1, 0.15) is 44.4 Å². The fraction of sp³-hybridized carbons (Fsp3) is 0.500. The number of carbonyl (C=O) groups is 2. The third kappa shape index (κ3) is 7.43. The molecule has 0 spiro atoms. The number of amides is 2. The molecule has 124 valence electrons. The molecule has 0 aliphatic rings. The lowest BCUT2D eigenvalue weighted by Gasteiger charge is -2.20. The molecule has 0 saturated heterocycles. The van der Waals surface area contributed by atoms with E-state index in [4.69, 9.17) is 5.73 Å². The van der Waals surface area contributed by atoms with Crippen molar-refractivity contribution in [1.82, 2.24) is 10.6 Å². The predicted molar refractivity (Wildman–Crippen MR) is 90.9 cm³/mol. The molecule has 0 bridgehead atoms. The van der Waals surface area contributed by atoms with E-state index in [0.29, 0.717) is 0 Å². The van der Waals surface area contributed by atoms with Gasteiger partial charge in [0.15, 0.2) is 0 Å². The van der Waals surface area contributed by atoms with Crippen molar-refractivity contribution < 1.29 is 9.59 Å². The highest BCUT2D eigenvalue weighted by Gasteiger charge is 2.17. The van der Waals surface area contributed by atoms with Gasteiger partial charge in [0.1, 0.15) is 6.04 Å². The fourth-order valence-corrected chi connectivity index (χ4v) is 1.82. The van der Waals surface area contributed by atoms with Gasteiger partial charge < -0.3 is 16.4 Å². The molecule has 5 nitrogen and oxygen atoms in total. The highest BCUT2D eigenvalue weighted by atomic mass is 35.5. The van der Waals surface area contributed by atoms with Crippen LogP contribution in [0.4, 0.5) is 0 Å². The first-order chi connectivity index (χ1) is 9.69. The summed E-state index contributed by atoms with van der Waals surface area (Å²) in [5.74, 6) is -0.367. The summed E-state index contributed by atoms with van der Waals surface area (Å²) in [6.45, 7) is 7.99. The highest BCUT2D eigenvalue weighted by molar-refractivity contribution is 5.85. The van der Waals surface area contributed by atoms with Crippen LogP contribution in [0, 0.1) is 6.92 Å². The fourth-order valence-electron chi connectivity index (χ4n) is 1.82. The van der Waals surface area contributed by atoms with Crippen LogP contribution in [0.3, 0.4) is 0 Å². The van der Waals surface area contributed by atoms with Gasteiger partial charge in [-0.2, -0.15) is 0 Å². The molecule has 6 heteroatoms. The number of rotatable bonds is 5. The molecule has 0 aliphatic heterocycles. The lowest BCUT2D eigenvalue weighted by molar-refractivity contribution is -0.123. The van der Waals surface area contributed by atoms with E-state index in [9.17, 15) is 9.59 Å². The quantitative estimate of drug-likeness (QED) is 0.771. The van der Waals surface area contributed by atoms with Crippen molar-refractivity contribution in [3.8, 4) is 0 Å². The van der Waals surface area contributed by atoms with Crippen LogP contribution in [0.2, 0.25) is 0 Å². The third-order valence-electron chi connectivity index (χ3n) is 2.88. The first kappa shape index (κ1) is 20.4. The molecule has 1 unspecified atom stereocenters. The summed E-state index contributed by atoms with van der Waals surface area (Å²) in [7, 11) is 0. The number of hydrogen-bond acceptors (Lipinski definition) is 3. The van der Waals surface area contributed by atoms with Crippen LogP contribution >= 0.6 is 12.4 Å². The summed E-state index contributed by atoms with van der Waals surface area (Å²) >= 11 is 0. The minimum atomic E-state index is -0.712. The standard InChI is InChI=1S/C16H25N3O2.ClH/c1-11-5-7-12(8-6-11)14(17)15(21)18-10-9-13(20)19-16(2,3)4;/h5-8,14H,9-10,17H2,1-4H3,(H,18,21)(H,19,20);1H. The Morgan fingerprint density at radius 2 is 1.73 bits per heavy atom. The van der Waals surface area contributed by atoms with Crippen molar-refractivity contribution in [3.63, 3.8) is 0 Å². The SMILES string of the molecule is Cc1ccc(C(N)C(=O)NCCC(=O)NC(C)(C)C)cc1.Cl. The van der Waals surface area contributed by atoms with E-state index in [1.54, 1.807) is 0 Å². The Kier molecular flexibility index (Phi) is 8.12. The molecule has 0 heterocycles. The molecule has 0 aliphatic carbocycles. The smallest absolute Gasteiger partial charge is 0.241 e. The molecule has 0 fully saturated rings. The number of benzene rings is 1. The molecule has 0 radical (unpaired) electrons. The first-order valence-corrected chi connectivity index (χ1v) is 7.10. The van der Waals surface area contributed by atoms with E-state index in [1.165, 1.54) is 0 Å². The van der Waals surface area contributed by atoms with E-state index >= 15 is 0 Å². The second kappa shape index (κ2) is 8.76. The lowest BCUT2D eigenvalue weighted by atomic mass is 10.1. The average molecular weight is 328 g/mol. The normalized spacial score (nSPS) is 12.0. The Morgan fingerprint density at radius 1 is 1.18 bits per heavy atom. The van der Waals surface area contributed by atoms with Gasteiger partial charge in [0, 0.05) is 18.5 Å². The topological polar surface area (TPSA) is 84.2 Å². The number of carbonyl (C=O) groups excluding carboxylic acids is 2. The zero-order valence-electron chi connectivity index (χ0n) is 13.6. The van der Waals surface area contributed by atoms with Crippen LogP contribution in [-0.2, 0) is 9.59 Å². The van der Waals surface area contributed by atoms with E-state index in [1.807, 2.05) is 52.0 Å². The maximum Gasteiger partial charge on any atom is 0.241 e. The minimum absolute atomic E-state index is 0. The van der Waals surface area contributed by atoms with Gasteiger partial charge in [-0.15, -0.1) is 12.4 Å². The number of halogens is 1. The maximum atomic E-state index is 11.9. The van der Waals surface area contributed by atoms with Crippen LogP contribution in [0.15, 0.2) is 24.3 Å². The molecule has 1 aromatic rings. The maximum absolute atomic E-state index is 11.9. The van der Waals surface area contributed by atoms with E-state index in [0.717, 1.165) is 11.1 Å². The minimum Gasteiger partial charge on any atom is -0.354 e. The Morgan fingerprint density at radius 3 is 2.23 bits per heavy atom. The molecule has 22 heavy (non-hydrogen) atoms. The van der Waals surface area contributed by atoms with Gasteiger partial charge in [-0.05, 0) is 33.3 Å². The molecule has 1 aromatic carbocycles. The number of hydrogen-bond donors (Lipinski definition) is 3. The predicted octanol–water partition coefficient (Wildman–Crippen LogP) is 1.84.